The van der Waals surface area contributed by atoms with Gasteiger partial charge in [-0.05, 0) is 48.6 Å². The van der Waals surface area contributed by atoms with Crippen LogP contribution in [0.15, 0.2) is 77.1 Å². The number of aliphatic hydroxyl groups excluding tert-OH is 1. The molecule has 1 saturated heterocycles. The zero-order valence-electron chi connectivity index (χ0n) is 27.1. The van der Waals surface area contributed by atoms with Gasteiger partial charge in [-0.3, -0.25) is 9.59 Å². The van der Waals surface area contributed by atoms with Crippen LogP contribution < -0.4 is 16.4 Å². The monoisotopic (exact) mass is 689 g/mol. The van der Waals surface area contributed by atoms with Crippen molar-refractivity contribution in [2.24, 2.45) is 0 Å². The number of thioether (sulfide) groups is 1. The number of aliphatic hydroxyl groups is 1. The van der Waals surface area contributed by atoms with Gasteiger partial charge in [0.1, 0.15) is 5.01 Å². The smallest absolute Gasteiger partial charge is 0.224 e. The van der Waals surface area contributed by atoms with Gasteiger partial charge in [-0.15, -0.1) is 10.2 Å². The molecule has 0 bridgehead atoms. The maximum atomic E-state index is 12.5. The van der Waals surface area contributed by atoms with Gasteiger partial charge in [0.2, 0.25) is 11.8 Å². The number of rotatable bonds is 16. The molecule has 3 atom stereocenters. The van der Waals surface area contributed by atoms with Crippen molar-refractivity contribution in [2.75, 3.05) is 16.8 Å². The first-order valence-corrected chi connectivity index (χ1v) is 18.1. The summed E-state index contributed by atoms with van der Waals surface area (Å²) in [5.74, 6) is 0.685. The number of amides is 2. The van der Waals surface area contributed by atoms with Crippen molar-refractivity contribution in [1.82, 2.24) is 15.5 Å². The van der Waals surface area contributed by atoms with Crippen molar-refractivity contribution in [3.8, 4) is 0 Å². The van der Waals surface area contributed by atoms with E-state index < -0.39 is 6.29 Å². The standard InChI is InChI=1S/C36H43N5O5S2/c1-24-40-41-36(48-24)47-23-29-20-32(27-16-14-26(22-42)15-17-27)46-35(45-29)28-18-12-25(13-19-28)21-38-33(43)10-4-2-3-5-11-34(44)39-31-9-7-6-8-30(31)37/h6-9,12-19,29,32,35,42H,2-5,10-11,20-23,37H2,1H3,(H,38,43)(H,39,44)/t29-,32+,35+/m0/s1. The molecule has 0 spiro atoms. The Bertz CT molecular complexity index is 1620. The molecule has 12 heteroatoms. The second kappa shape index (κ2) is 18.1. The van der Waals surface area contributed by atoms with E-state index in [1.165, 1.54) is 0 Å². The van der Waals surface area contributed by atoms with Crippen LogP contribution in [0.1, 0.15) is 84.6 Å². The van der Waals surface area contributed by atoms with E-state index in [1.807, 2.05) is 67.6 Å². The maximum Gasteiger partial charge on any atom is 0.224 e. The molecule has 5 N–H and O–H groups in total. The molecule has 0 radical (unpaired) electrons. The Labute approximate surface area is 289 Å². The summed E-state index contributed by atoms with van der Waals surface area (Å²) in [5, 5.41) is 24.6. The SMILES string of the molecule is Cc1nnc(SC[C@@H]2C[C@H](c3ccc(CO)cc3)O[C@H](c3ccc(CNC(=O)CCCCCCC(=O)Nc4ccccc4N)cc3)O2)s1. The van der Waals surface area contributed by atoms with Crippen molar-refractivity contribution in [1.29, 1.82) is 0 Å². The Hall–Kier alpha value is -3.81. The third kappa shape index (κ3) is 10.9. The lowest BCUT2D eigenvalue weighted by atomic mass is 10.0. The molecule has 2 amide bonds. The molecule has 0 saturated carbocycles. The highest BCUT2D eigenvalue weighted by atomic mass is 32.2. The molecule has 0 aliphatic carbocycles. The lowest BCUT2D eigenvalue weighted by Gasteiger charge is -2.36. The van der Waals surface area contributed by atoms with Gasteiger partial charge >= 0.3 is 0 Å². The highest BCUT2D eigenvalue weighted by Gasteiger charge is 2.32. The number of anilines is 2. The van der Waals surface area contributed by atoms with Crippen LogP contribution in [0.4, 0.5) is 11.4 Å². The predicted octanol–water partition coefficient (Wildman–Crippen LogP) is 6.85. The fourth-order valence-electron chi connectivity index (χ4n) is 5.35. The molecular weight excluding hydrogens is 647 g/mol. The summed E-state index contributed by atoms with van der Waals surface area (Å²) in [6, 6.07) is 23.0. The Morgan fingerprint density at radius 2 is 1.58 bits per heavy atom. The molecule has 4 aromatic rings. The molecule has 0 unspecified atom stereocenters. The predicted molar refractivity (Wildman–Crippen MR) is 189 cm³/mol. The van der Waals surface area contributed by atoms with Crippen LogP contribution in [0.2, 0.25) is 0 Å². The van der Waals surface area contributed by atoms with Crippen LogP contribution in [0.25, 0.3) is 0 Å². The molecule has 1 aromatic heterocycles. The van der Waals surface area contributed by atoms with Crippen LogP contribution in [0, 0.1) is 6.92 Å². The van der Waals surface area contributed by atoms with Crippen molar-refractivity contribution < 1.29 is 24.2 Å². The fourth-order valence-corrected chi connectivity index (χ4v) is 7.21. The van der Waals surface area contributed by atoms with E-state index in [0.717, 1.165) is 63.0 Å². The molecule has 48 heavy (non-hydrogen) atoms. The number of carbonyl (C=O) groups excluding carboxylic acids is 2. The number of unbranched alkanes of at least 4 members (excludes halogenated alkanes) is 3. The second-order valence-corrected chi connectivity index (χ2v) is 14.3. The minimum Gasteiger partial charge on any atom is -0.397 e. The summed E-state index contributed by atoms with van der Waals surface area (Å²) in [6.45, 7) is 2.38. The third-order valence-corrected chi connectivity index (χ3v) is 10.2. The van der Waals surface area contributed by atoms with Gasteiger partial charge in [0.05, 0.1) is 30.2 Å². The van der Waals surface area contributed by atoms with Gasteiger partial charge in [0.25, 0.3) is 0 Å². The van der Waals surface area contributed by atoms with Crippen LogP contribution in [0.3, 0.4) is 0 Å². The average Bonchev–Trinajstić information content (AvgIpc) is 3.53. The number of benzene rings is 3. The summed E-state index contributed by atoms with van der Waals surface area (Å²) in [7, 11) is 0. The molecule has 5 rings (SSSR count). The number of aromatic nitrogens is 2. The number of hydrogen-bond donors (Lipinski definition) is 4. The average molecular weight is 690 g/mol. The van der Waals surface area contributed by atoms with E-state index in [-0.39, 0.29) is 30.6 Å². The lowest BCUT2D eigenvalue weighted by Crippen LogP contribution is -2.31. The minimum absolute atomic E-state index is 0.00113. The number of nitrogens with zero attached hydrogens (tertiary/aromatic N) is 2. The van der Waals surface area contributed by atoms with Crippen molar-refractivity contribution in [3.63, 3.8) is 0 Å². The first kappa shape index (κ1) is 35.5. The van der Waals surface area contributed by atoms with Gasteiger partial charge in [-0.2, -0.15) is 0 Å². The lowest BCUT2D eigenvalue weighted by molar-refractivity contribution is -0.245. The summed E-state index contributed by atoms with van der Waals surface area (Å²) >= 11 is 3.22. The molecule has 254 valence electrons. The number of aryl methyl sites for hydroxylation is 1. The number of carbonyl (C=O) groups is 2. The Kier molecular flexibility index (Phi) is 13.4. The van der Waals surface area contributed by atoms with E-state index in [1.54, 1.807) is 35.2 Å². The second-order valence-electron chi connectivity index (χ2n) is 11.8. The number of nitrogens with one attached hydrogen (secondary N) is 2. The van der Waals surface area contributed by atoms with Crippen LogP contribution >= 0.6 is 23.1 Å². The first-order chi connectivity index (χ1) is 23.4. The fraction of sp³-hybridized carbons (Fsp3) is 0.389. The van der Waals surface area contributed by atoms with Crippen LogP contribution in [-0.2, 0) is 32.2 Å². The highest BCUT2D eigenvalue weighted by molar-refractivity contribution is 8.01. The quantitative estimate of drug-likeness (QED) is 0.0563. The Balaban J connectivity index is 1.05. The van der Waals surface area contributed by atoms with Crippen LogP contribution in [-0.4, -0.2) is 39.0 Å². The van der Waals surface area contributed by atoms with Gasteiger partial charge in [-0.25, -0.2) is 0 Å². The van der Waals surface area contributed by atoms with E-state index in [4.69, 9.17) is 15.2 Å². The number of ether oxygens (including phenoxy) is 2. The maximum absolute atomic E-state index is 12.5. The van der Waals surface area contributed by atoms with Crippen molar-refractivity contribution >= 4 is 46.3 Å². The number of para-hydroxylation sites is 2. The van der Waals surface area contributed by atoms with Gasteiger partial charge in [0, 0.05) is 37.1 Å². The summed E-state index contributed by atoms with van der Waals surface area (Å²) in [6.07, 6.45) is 4.10. The molecule has 3 aromatic carbocycles. The number of nitrogens with two attached hydrogens (primary N) is 1. The molecule has 10 nitrogen and oxygen atoms in total. The highest BCUT2D eigenvalue weighted by Crippen LogP contribution is 2.39. The van der Waals surface area contributed by atoms with E-state index in [9.17, 15) is 14.7 Å². The molecule has 2 heterocycles. The van der Waals surface area contributed by atoms with E-state index >= 15 is 0 Å². The molecular formula is C36H43N5O5S2. The zero-order valence-corrected chi connectivity index (χ0v) is 28.7. The largest absolute Gasteiger partial charge is 0.397 e. The Morgan fingerprint density at radius 1 is 0.896 bits per heavy atom. The molecule has 1 aliphatic rings. The summed E-state index contributed by atoms with van der Waals surface area (Å²) in [4.78, 5) is 24.6. The topological polar surface area (TPSA) is 149 Å². The molecule has 1 aliphatic heterocycles. The Morgan fingerprint density at radius 3 is 2.27 bits per heavy atom. The molecule has 1 fully saturated rings. The van der Waals surface area contributed by atoms with Gasteiger partial charge in [0.15, 0.2) is 10.6 Å². The summed E-state index contributed by atoms with van der Waals surface area (Å²) in [5.41, 5.74) is 10.9. The number of nitrogen functional groups attached to an aromatic ring is 1. The van der Waals surface area contributed by atoms with Gasteiger partial charge < -0.3 is 30.9 Å². The normalized spacial score (nSPS) is 17.6. The van der Waals surface area contributed by atoms with Crippen molar-refractivity contribution in [2.45, 2.75) is 87.9 Å². The van der Waals surface area contributed by atoms with Crippen molar-refractivity contribution in [3.05, 3.63) is 100 Å². The summed E-state index contributed by atoms with van der Waals surface area (Å²) < 4.78 is 13.8. The zero-order chi connectivity index (χ0) is 33.7. The van der Waals surface area contributed by atoms with E-state index in [0.29, 0.717) is 37.2 Å². The number of hydrogen-bond acceptors (Lipinski definition) is 10. The minimum atomic E-state index is -0.547. The van der Waals surface area contributed by atoms with Crippen LogP contribution in [0.5, 0.6) is 0 Å². The third-order valence-electron chi connectivity index (χ3n) is 8.05. The van der Waals surface area contributed by atoms with E-state index in [2.05, 4.69) is 20.8 Å². The first-order valence-electron chi connectivity index (χ1n) is 16.3. The van der Waals surface area contributed by atoms with Gasteiger partial charge in [-0.1, -0.05) is 96.6 Å².